The summed E-state index contributed by atoms with van der Waals surface area (Å²) in [6.45, 7) is 4.89. The Labute approximate surface area is 179 Å². The number of rotatable bonds is 2. The fourth-order valence-electron chi connectivity index (χ4n) is 7.83. The minimum Gasteiger partial charge on any atom is -0.393 e. The molecule has 4 aliphatic rings. The van der Waals surface area contributed by atoms with E-state index in [9.17, 15) is 9.90 Å². The average molecular weight is 410 g/mol. The topological polar surface area (TPSA) is 74.6 Å². The second-order valence-corrected chi connectivity index (χ2v) is 10.9. The molecular formula is C25H35N3O2. The summed E-state index contributed by atoms with van der Waals surface area (Å²) in [5.41, 5.74) is 5.05. The monoisotopic (exact) mass is 409 g/mol. The number of hydrazone groups is 1. The second kappa shape index (κ2) is 7.44. The van der Waals surface area contributed by atoms with Gasteiger partial charge in [-0.05, 0) is 104 Å². The maximum Gasteiger partial charge on any atom is 0.271 e. The molecule has 4 aliphatic carbocycles. The van der Waals surface area contributed by atoms with Crippen LogP contribution in [0.2, 0.25) is 0 Å². The molecule has 0 aliphatic heterocycles. The predicted octanol–water partition coefficient (Wildman–Crippen LogP) is 4.57. The zero-order valence-corrected chi connectivity index (χ0v) is 18.3. The molecule has 5 heteroatoms. The summed E-state index contributed by atoms with van der Waals surface area (Å²) in [7, 11) is 0. The minimum atomic E-state index is -0.159. The van der Waals surface area contributed by atoms with Crippen molar-refractivity contribution in [2.24, 2.45) is 39.6 Å². The van der Waals surface area contributed by atoms with Gasteiger partial charge in [0.15, 0.2) is 0 Å². The third-order valence-electron chi connectivity index (χ3n) is 9.71. The standard InChI is InChI=1S/C25H35N3O2/c1-24-11-7-18(27-28-23(30)16-9-13-26-14-10-16)15-17(24)3-4-19-20-5-6-22(29)25(20,2)12-8-21(19)24/h9-10,13-14,17,19-22,29H,3-8,11-12,15H2,1-2H3,(H,28,30)/b27-18-/t17-,19-,20-,21-,22-,24-,25-/m0/s1. The Kier molecular flexibility index (Phi) is 5.00. The van der Waals surface area contributed by atoms with E-state index in [2.05, 4.69) is 29.4 Å². The van der Waals surface area contributed by atoms with E-state index in [1.165, 1.54) is 38.5 Å². The fourth-order valence-corrected chi connectivity index (χ4v) is 7.83. The highest BCUT2D eigenvalue weighted by Gasteiger charge is 2.59. The molecule has 1 aromatic rings. The molecule has 1 aromatic heterocycles. The summed E-state index contributed by atoms with van der Waals surface area (Å²) in [5.74, 6) is 2.78. The lowest BCUT2D eigenvalue weighted by atomic mass is 9.45. The van der Waals surface area contributed by atoms with Crippen LogP contribution < -0.4 is 5.43 Å². The molecule has 5 rings (SSSR count). The van der Waals surface area contributed by atoms with Crippen molar-refractivity contribution >= 4 is 11.6 Å². The lowest BCUT2D eigenvalue weighted by molar-refractivity contribution is -0.112. The number of carbonyl (C=O) groups excluding carboxylic acids is 1. The van der Waals surface area contributed by atoms with Crippen LogP contribution in [0.1, 0.15) is 82.0 Å². The Morgan fingerprint density at radius 1 is 1.07 bits per heavy atom. The van der Waals surface area contributed by atoms with Crippen LogP contribution in [0.3, 0.4) is 0 Å². The number of amides is 1. The molecular weight excluding hydrogens is 374 g/mol. The van der Waals surface area contributed by atoms with E-state index in [1.807, 2.05) is 0 Å². The van der Waals surface area contributed by atoms with Gasteiger partial charge in [-0.3, -0.25) is 9.78 Å². The molecule has 0 saturated heterocycles. The molecule has 162 valence electrons. The number of nitrogens with one attached hydrogen (secondary N) is 1. The van der Waals surface area contributed by atoms with Gasteiger partial charge in [-0.25, -0.2) is 5.43 Å². The molecule has 0 unspecified atom stereocenters. The van der Waals surface area contributed by atoms with Gasteiger partial charge >= 0.3 is 0 Å². The van der Waals surface area contributed by atoms with Crippen molar-refractivity contribution in [1.82, 2.24) is 10.4 Å². The lowest BCUT2D eigenvalue weighted by Crippen LogP contribution is -2.54. The number of fused-ring (bicyclic) bond motifs is 5. The van der Waals surface area contributed by atoms with Crippen molar-refractivity contribution in [2.75, 3.05) is 0 Å². The molecule has 5 nitrogen and oxygen atoms in total. The Bertz CT molecular complexity index is 840. The number of pyridine rings is 1. The van der Waals surface area contributed by atoms with Crippen LogP contribution in [0, 0.1) is 34.5 Å². The summed E-state index contributed by atoms with van der Waals surface area (Å²) in [6, 6.07) is 3.43. The van der Waals surface area contributed by atoms with Crippen molar-refractivity contribution in [3.8, 4) is 0 Å². The van der Waals surface area contributed by atoms with Crippen molar-refractivity contribution < 1.29 is 9.90 Å². The van der Waals surface area contributed by atoms with E-state index in [0.29, 0.717) is 22.8 Å². The smallest absolute Gasteiger partial charge is 0.271 e. The van der Waals surface area contributed by atoms with E-state index >= 15 is 0 Å². The number of aliphatic hydroxyl groups excluding tert-OH is 1. The van der Waals surface area contributed by atoms with Crippen molar-refractivity contribution in [2.45, 2.75) is 77.7 Å². The highest BCUT2D eigenvalue weighted by molar-refractivity contribution is 5.95. The Morgan fingerprint density at radius 2 is 1.83 bits per heavy atom. The number of nitrogens with zero attached hydrogens (tertiary/aromatic N) is 2. The first-order valence-electron chi connectivity index (χ1n) is 11.9. The molecule has 0 radical (unpaired) electrons. The molecule has 4 saturated carbocycles. The van der Waals surface area contributed by atoms with Crippen LogP contribution in [0.15, 0.2) is 29.6 Å². The summed E-state index contributed by atoms with van der Waals surface area (Å²) in [6.07, 6.45) is 13.6. The van der Waals surface area contributed by atoms with Gasteiger partial charge in [0.25, 0.3) is 5.91 Å². The Morgan fingerprint density at radius 3 is 2.63 bits per heavy atom. The van der Waals surface area contributed by atoms with E-state index in [-0.39, 0.29) is 17.4 Å². The van der Waals surface area contributed by atoms with Gasteiger partial charge in [0, 0.05) is 23.7 Å². The third-order valence-corrected chi connectivity index (χ3v) is 9.71. The van der Waals surface area contributed by atoms with Crippen LogP contribution in [0.4, 0.5) is 0 Å². The van der Waals surface area contributed by atoms with E-state index in [0.717, 1.165) is 36.8 Å². The zero-order valence-electron chi connectivity index (χ0n) is 18.3. The van der Waals surface area contributed by atoms with Crippen LogP contribution in [0.5, 0.6) is 0 Å². The third kappa shape index (κ3) is 3.12. The van der Waals surface area contributed by atoms with Crippen LogP contribution in [-0.4, -0.2) is 27.8 Å². The van der Waals surface area contributed by atoms with Crippen molar-refractivity contribution in [1.29, 1.82) is 0 Å². The maximum atomic E-state index is 12.3. The molecule has 0 bridgehead atoms. The summed E-state index contributed by atoms with van der Waals surface area (Å²) in [4.78, 5) is 16.3. The second-order valence-electron chi connectivity index (χ2n) is 10.9. The number of hydrogen-bond donors (Lipinski definition) is 2. The van der Waals surface area contributed by atoms with E-state index < -0.39 is 0 Å². The minimum absolute atomic E-state index is 0.0944. The van der Waals surface area contributed by atoms with Gasteiger partial charge in [0.2, 0.25) is 0 Å². The van der Waals surface area contributed by atoms with Gasteiger partial charge < -0.3 is 5.11 Å². The number of aliphatic hydroxyl groups is 1. The van der Waals surface area contributed by atoms with Gasteiger partial charge in [0.1, 0.15) is 0 Å². The van der Waals surface area contributed by atoms with Gasteiger partial charge in [-0.1, -0.05) is 13.8 Å². The van der Waals surface area contributed by atoms with Crippen molar-refractivity contribution in [3.05, 3.63) is 30.1 Å². The molecule has 4 fully saturated rings. The van der Waals surface area contributed by atoms with E-state index in [1.54, 1.807) is 24.5 Å². The molecule has 1 heterocycles. The van der Waals surface area contributed by atoms with Crippen LogP contribution in [0.25, 0.3) is 0 Å². The van der Waals surface area contributed by atoms with Gasteiger partial charge in [-0.2, -0.15) is 5.10 Å². The largest absolute Gasteiger partial charge is 0.393 e. The number of aromatic nitrogens is 1. The van der Waals surface area contributed by atoms with Crippen LogP contribution >= 0.6 is 0 Å². The SMILES string of the molecule is C[C@]12CC/C(=N/NC(=O)c3ccncc3)C[C@@H]1CC[C@@H]1[C@@H]2CC[C@]2(C)[C@@H](O)CC[C@@H]12. The molecule has 0 spiro atoms. The Hall–Kier alpha value is -1.75. The summed E-state index contributed by atoms with van der Waals surface area (Å²) in [5, 5.41) is 15.2. The molecule has 7 atom stereocenters. The first-order chi connectivity index (χ1) is 14.4. The molecule has 30 heavy (non-hydrogen) atoms. The average Bonchev–Trinajstić information content (AvgIpc) is 3.07. The number of hydrogen-bond acceptors (Lipinski definition) is 4. The zero-order chi connectivity index (χ0) is 20.9. The van der Waals surface area contributed by atoms with E-state index in [4.69, 9.17) is 0 Å². The van der Waals surface area contributed by atoms with Crippen molar-refractivity contribution in [3.63, 3.8) is 0 Å². The quantitative estimate of drug-likeness (QED) is 0.703. The van der Waals surface area contributed by atoms with Gasteiger partial charge in [0.05, 0.1) is 6.10 Å². The highest BCUT2D eigenvalue weighted by Crippen LogP contribution is 2.65. The molecule has 1 amide bonds. The highest BCUT2D eigenvalue weighted by atomic mass is 16.3. The maximum absolute atomic E-state index is 12.3. The summed E-state index contributed by atoms with van der Waals surface area (Å²) < 4.78 is 0. The van der Waals surface area contributed by atoms with Gasteiger partial charge in [-0.15, -0.1) is 0 Å². The molecule has 0 aromatic carbocycles. The first kappa shape index (κ1) is 20.2. The van der Waals surface area contributed by atoms with Crippen LogP contribution in [-0.2, 0) is 0 Å². The lowest BCUT2D eigenvalue weighted by Gasteiger charge is -2.60. The predicted molar refractivity (Wildman–Crippen MR) is 117 cm³/mol. The summed E-state index contributed by atoms with van der Waals surface area (Å²) >= 11 is 0. The number of carbonyl (C=O) groups is 1. The molecule has 2 N–H and O–H groups in total. The normalized spacial score (nSPS) is 44.1. The fraction of sp³-hybridized carbons (Fsp3) is 0.720. The Balaban J connectivity index is 1.28. The first-order valence-corrected chi connectivity index (χ1v) is 11.9.